The fraction of sp³-hybridized carbons (Fsp3) is 1.00. The van der Waals surface area contributed by atoms with Crippen molar-refractivity contribution in [1.29, 1.82) is 0 Å². The van der Waals surface area contributed by atoms with Crippen LogP contribution in [0.2, 0.25) is 0 Å². The zero-order valence-electron chi connectivity index (χ0n) is 17.7. The minimum absolute atomic E-state index is 0.751. The molecule has 3 aliphatic heterocycles. The molecule has 0 aromatic carbocycles. The van der Waals surface area contributed by atoms with Gasteiger partial charge in [0.05, 0.1) is 19.8 Å². The Morgan fingerprint density at radius 1 is 0.529 bits per heavy atom. The third-order valence-electron chi connectivity index (χ3n) is 6.05. The molecule has 3 fully saturated rings. The number of alkyl halides is 1. The van der Waals surface area contributed by atoms with Gasteiger partial charge in [0.25, 0.3) is 0 Å². The summed E-state index contributed by atoms with van der Waals surface area (Å²) < 4.78 is 40.1. The molecule has 3 heterocycles. The average Bonchev–Trinajstić information content (AvgIpc) is 2.83. The van der Waals surface area contributed by atoms with Crippen LogP contribution in [0.15, 0.2) is 0 Å². The van der Waals surface area contributed by atoms with Gasteiger partial charge in [-0.15, -0.1) is 0 Å². The van der Waals surface area contributed by atoms with E-state index in [-0.39, 0.29) is 0 Å². The lowest BCUT2D eigenvalue weighted by atomic mass is 9.96. The van der Waals surface area contributed by atoms with Crippen LogP contribution < -0.4 is 0 Å². The first-order valence-electron chi connectivity index (χ1n) is 10.6. The molecular formula is C18H31FO15. The van der Waals surface area contributed by atoms with Crippen LogP contribution in [-0.2, 0) is 23.7 Å². The fourth-order valence-corrected chi connectivity index (χ4v) is 4.04. The van der Waals surface area contributed by atoms with E-state index in [2.05, 4.69) is 0 Å². The predicted octanol–water partition coefficient (Wildman–Crippen LogP) is -6.60. The molecule has 0 unspecified atom stereocenters. The van der Waals surface area contributed by atoms with Crippen molar-refractivity contribution in [3.05, 3.63) is 0 Å². The van der Waals surface area contributed by atoms with Crippen molar-refractivity contribution < 1.29 is 79.1 Å². The zero-order chi connectivity index (χ0) is 25.3. The number of aliphatic hydroxyl groups is 10. The van der Waals surface area contributed by atoms with E-state index in [0.29, 0.717) is 0 Å². The maximum atomic E-state index is 14.0. The summed E-state index contributed by atoms with van der Waals surface area (Å²) >= 11 is 0. The summed E-state index contributed by atoms with van der Waals surface area (Å²) in [7, 11) is 0. The average molecular weight is 506 g/mol. The van der Waals surface area contributed by atoms with E-state index in [0.717, 1.165) is 0 Å². The zero-order valence-corrected chi connectivity index (χ0v) is 17.7. The first kappa shape index (κ1) is 27.9. The Morgan fingerprint density at radius 3 is 1.50 bits per heavy atom. The molecule has 0 bridgehead atoms. The van der Waals surface area contributed by atoms with E-state index in [1.54, 1.807) is 0 Å². The van der Waals surface area contributed by atoms with Gasteiger partial charge in [-0.3, -0.25) is 0 Å². The summed E-state index contributed by atoms with van der Waals surface area (Å²) in [6.07, 6.45) is -26.5. The normalized spacial score (nSPS) is 52.5. The van der Waals surface area contributed by atoms with Gasteiger partial charge < -0.3 is 74.7 Å². The summed E-state index contributed by atoms with van der Waals surface area (Å²) in [6.45, 7) is -2.41. The van der Waals surface area contributed by atoms with E-state index >= 15 is 0 Å². The minimum Gasteiger partial charge on any atom is -0.394 e. The van der Waals surface area contributed by atoms with Gasteiger partial charge in [0.15, 0.2) is 25.0 Å². The van der Waals surface area contributed by atoms with Crippen LogP contribution in [-0.4, -0.2) is 163 Å². The van der Waals surface area contributed by atoms with Crippen LogP contribution in [0.5, 0.6) is 0 Å². The lowest BCUT2D eigenvalue weighted by Crippen LogP contribution is -2.66. The molecule has 200 valence electrons. The lowest BCUT2D eigenvalue weighted by molar-refractivity contribution is -0.375. The van der Waals surface area contributed by atoms with E-state index in [1.165, 1.54) is 0 Å². The molecule has 0 aliphatic carbocycles. The van der Waals surface area contributed by atoms with E-state index < -0.39 is 112 Å². The molecule has 3 saturated heterocycles. The van der Waals surface area contributed by atoms with E-state index in [9.17, 15) is 55.5 Å². The summed E-state index contributed by atoms with van der Waals surface area (Å²) in [5.74, 6) is 0. The predicted molar refractivity (Wildman–Crippen MR) is 100 cm³/mol. The smallest absolute Gasteiger partial charge is 0.189 e. The third-order valence-corrected chi connectivity index (χ3v) is 6.05. The topological polar surface area (TPSA) is 248 Å². The molecule has 0 amide bonds. The van der Waals surface area contributed by atoms with Crippen molar-refractivity contribution in [2.24, 2.45) is 0 Å². The number of ether oxygens (including phenoxy) is 5. The van der Waals surface area contributed by atoms with Crippen molar-refractivity contribution in [3.63, 3.8) is 0 Å². The van der Waals surface area contributed by atoms with Crippen LogP contribution in [0.25, 0.3) is 0 Å². The lowest BCUT2D eigenvalue weighted by Gasteiger charge is -2.47. The van der Waals surface area contributed by atoms with Gasteiger partial charge in [0, 0.05) is 0 Å². The van der Waals surface area contributed by atoms with Crippen LogP contribution in [0.4, 0.5) is 4.39 Å². The monoisotopic (exact) mass is 506 g/mol. The molecule has 34 heavy (non-hydrogen) atoms. The number of halogens is 1. The Kier molecular flexibility index (Phi) is 9.51. The SMILES string of the molecule is OC[C@H]1O[C@@H](O[C@H]2[C@H](O)[C@H](O)[C@H](O[C@H]3[C@H](O)[C@H](F)[C@H](O)O[C@@H]3CO)O[C@@H]2CO)[C@@H](O)[C@@H](O)[C@@H]1O. The summed E-state index contributed by atoms with van der Waals surface area (Å²) in [4.78, 5) is 0. The maximum absolute atomic E-state index is 14.0. The van der Waals surface area contributed by atoms with E-state index in [4.69, 9.17) is 23.7 Å². The number of aliphatic hydroxyl groups excluding tert-OH is 10. The number of hydrogen-bond acceptors (Lipinski definition) is 15. The molecule has 0 saturated carbocycles. The molecule has 0 aromatic rings. The first-order valence-corrected chi connectivity index (χ1v) is 10.6. The quantitative estimate of drug-likeness (QED) is 0.154. The maximum Gasteiger partial charge on any atom is 0.189 e. The van der Waals surface area contributed by atoms with Crippen molar-refractivity contribution in [2.45, 2.75) is 92.2 Å². The highest BCUT2D eigenvalue weighted by atomic mass is 19.1. The van der Waals surface area contributed by atoms with Gasteiger partial charge in [-0.25, -0.2) is 4.39 Å². The van der Waals surface area contributed by atoms with Gasteiger partial charge in [-0.2, -0.15) is 0 Å². The summed E-state index contributed by atoms with van der Waals surface area (Å²) in [5.41, 5.74) is 0. The van der Waals surface area contributed by atoms with Gasteiger partial charge in [-0.05, 0) is 0 Å². The fourth-order valence-electron chi connectivity index (χ4n) is 4.04. The molecule has 0 spiro atoms. The van der Waals surface area contributed by atoms with Gasteiger partial charge >= 0.3 is 0 Å². The molecule has 10 N–H and O–H groups in total. The van der Waals surface area contributed by atoms with Crippen LogP contribution in [0.1, 0.15) is 0 Å². The van der Waals surface area contributed by atoms with Crippen molar-refractivity contribution in [3.8, 4) is 0 Å². The largest absolute Gasteiger partial charge is 0.394 e. The second-order valence-corrected chi connectivity index (χ2v) is 8.29. The Bertz CT molecular complexity index is 640. The first-order chi connectivity index (χ1) is 16.0. The molecule has 15 atom stereocenters. The molecule has 3 aliphatic rings. The molecule has 15 nitrogen and oxygen atoms in total. The Labute approximate surface area is 192 Å². The van der Waals surface area contributed by atoms with Crippen molar-refractivity contribution >= 4 is 0 Å². The summed E-state index contributed by atoms with van der Waals surface area (Å²) in [5, 5.41) is 98.8. The molecular weight excluding hydrogens is 475 g/mol. The summed E-state index contributed by atoms with van der Waals surface area (Å²) in [6, 6.07) is 0. The second kappa shape index (κ2) is 11.6. The van der Waals surface area contributed by atoms with Crippen LogP contribution in [0, 0.1) is 0 Å². The minimum atomic E-state index is -2.32. The van der Waals surface area contributed by atoms with Crippen LogP contribution >= 0.6 is 0 Å². The molecule has 0 aromatic heterocycles. The van der Waals surface area contributed by atoms with Crippen molar-refractivity contribution in [2.75, 3.05) is 19.8 Å². The highest BCUT2D eigenvalue weighted by Gasteiger charge is 2.53. The highest BCUT2D eigenvalue weighted by Crippen LogP contribution is 2.32. The second-order valence-electron chi connectivity index (χ2n) is 8.29. The Balaban J connectivity index is 1.72. The van der Waals surface area contributed by atoms with Crippen molar-refractivity contribution in [1.82, 2.24) is 0 Å². The Hall–Kier alpha value is -0.670. The van der Waals surface area contributed by atoms with Crippen LogP contribution in [0.3, 0.4) is 0 Å². The number of hydrogen-bond donors (Lipinski definition) is 10. The molecule has 3 rings (SSSR count). The van der Waals surface area contributed by atoms with Gasteiger partial charge in [0.1, 0.15) is 67.1 Å². The molecule has 16 heteroatoms. The van der Waals surface area contributed by atoms with E-state index in [1.807, 2.05) is 0 Å². The standard InChI is InChI=1S/C18H31FO15/c19-7-9(24)14(5(2-21)30-16(7)29)33-18-13(28)11(26)15(6(3-22)32-18)34-17-12(27)10(25)8(23)4(1-20)31-17/h4-18,20-29H,1-3H2/t4-,5-,6-,7+,8-,9-,10+,11-,12+,13+,14-,15-,16-,17+,18+/m1/s1. The number of rotatable bonds is 7. The molecule has 0 radical (unpaired) electrons. The Morgan fingerprint density at radius 2 is 0.971 bits per heavy atom. The van der Waals surface area contributed by atoms with Gasteiger partial charge in [0.2, 0.25) is 0 Å². The van der Waals surface area contributed by atoms with Gasteiger partial charge in [-0.1, -0.05) is 0 Å². The third kappa shape index (κ3) is 5.36. The highest BCUT2D eigenvalue weighted by molar-refractivity contribution is 4.96.